The Balaban J connectivity index is 2.11. The molecule has 2 heteroatoms. The molecule has 0 saturated carbocycles. The molecule has 0 aromatic heterocycles. The molecule has 0 heterocycles. The van der Waals surface area contributed by atoms with Gasteiger partial charge in [0, 0.05) is 0 Å². The van der Waals surface area contributed by atoms with Gasteiger partial charge in [-0.05, 0) is 0 Å². The van der Waals surface area contributed by atoms with E-state index < -0.39 is 14.7 Å². The molecule has 104 valence electrons. The molecule has 0 bridgehead atoms. The van der Waals surface area contributed by atoms with E-state index in [2.05, 4.69) is 102 Å². The second-order valence-corrected chi connectivity index (χ2v) is 10.6. The molecular formula is C19H16AsBr. The van der Waals surface area contributed by atoms with E-state index in [1.165, 1.54) is 18.6 Å². The van der Waals surface area contributed by atoms with Crippen LogP contribution in [0.1, 0.15) is 5.56 Å². The van der Waals surface area contributed by atoms with Crippen LogP contribution in [0.4, 0.5) is 0 Å². The molecule has 0 amide bonds. The van der Waals surface area contributed by atoms with Crippen molar-refractivity contribution in [1.82, 2.24) is 0 Å². The second kappa shape index (κ2) is 6.64. The van der Waals surface area contributed by atoms with Crippen LogP contribution in [-0.4, -0.2) is 14.7 Å². The van der Waals surface area contributed by atoms with Gasteiger partial charge in [-0.25, -0.2) is 0 Å². The summed E-state index contributed by atoms with van der Waals surface area (Å²) in [5.74, 6) is 0. The molecule has 3 aromatic carbocycles. The van der Waals surface area contributed by atoms with Gasteiger partial charge in [-0.2, -0.15) is 0 Å². The van der Waals surface area contributed by atoms with Crippen molar-refractivity contribution in [3.63, 3.8) is 0 Å². The molecule has 0 fully saturated rings. The summed E-state index contributed by atoms with van der Waals surface area (Å²) in [4.78, 5) is 0. The Morgan fingerprint density at radius 2 is 1.10 bits per heavy atom. The maximum atomic E-state index is 3.53. The number of rotatable bonds is 3. The zero-order valence-electron chi connectivity index (χ0n) is 11.8. The van der Waals surface area contributed by atoms with Gasteiger partial charge in [-0.3, -0.25) is 0 Å². The minimum atomic E-state index is -1.45. The van der Waals surface area contributed by atoms with E-state index in [1.54, 1.807) is 0 Å². The molecule has 0 nitrogen and oxygen atoms in total. The Bertz CT molecular complexity index is 657. The minimum absolute atomic E-state index is 1.14. The van der Waals surface area contributed by atoms with Gasteiger partial charge in [0.25, 0.3) is 0 Å². The molecule has 1 atom stereocenters. The zero-order valence-corrected chi connectivity index (χ0v) is 15.3. The average Bonchev–Trinajstić information content (AvgIpc) is 2.52. The number of hydrogen-bond donors (Lipinski definition) is 0. The van der Waals surface area contributed by atoms with Crippen molar-refractivity contribution >= 4 is 43.6 Å². The Labute approximate surface area is 139 Å². The molecule has 3 rings (SSSR count). The van der Waals surface area contributed by atoms with E-state index in [0.717, 1.165) is 4.47 Å². The molecule has 0 aliphatic rings. The Morgan fingerprint density at radius 1 is 0.619 bits per heavy atom. The first-order valence-electron chi connectivity index (χ1n) is 6.91. The van der Waals surface area contributed by atoms with Crippen LogP contribution < -0.4 is 13.1 Å². The topological polar surface area (TPSA) is 0 Å². The molecule has 0 aliphatic carbocycles. The van der Waals surface area contributed by atoms with Gasteiger partial charge in [0.1, 0.15) is 0 Å². The number of aryl methyl sites for hydroxylation is 1. The van der Waals surface area contributed by atoms with Crippen molar-refractivity contribution in [3.8, 4) is 0 Å². The first-order chi connectivity index (χ1) is 10.2. The standard InChI is InChI=1S/C19H16AsBr/c1-15-7-9-17(10-8-15)20(16-5-3-2-4-6-16)18-11-13-19(21)14-12-18/h2-14H,1H3. The van der Waals surface area contributed by atoms with Crippen LogP contribution in [0.15, 0.2) is 83.3 Å². The van der Waals surface area contributed by atoms with Crippen molar-refractivity contribution in [2.75, 3.05) is 0 Å². The van der Waals surface area contributed by atoms with Crippen LogP contribution in [0.25, 0.3) is 0 Å². The monoisotopic (exact) mass is 398 g/mol. The summed E-state index contributed by atoms with van der Waals surface area (Å²) in [5.41, 5.74) is 1.32. The summed E-state index contributed by atoms with van der Waals surface area (Å²) < 4.78 is 5.54. The van der Waals surface area contributed by atoms with Crippen molar-refractivity contribution in [2.24, 2.45) is 0 Å². The summed E-state index contributed by atoms with van der Waals surface area (Å²) in [6.45, 7) is 2.14. The quantitative estimate of drug-likeness (QED) is 0.594. The van der Waals surface area contributed by atoms with E-state index in [9.17, 15) is 0 Å². The van der Waals surface area contributed by atoms with Crippen molar-refractivity contribution in [2.45, 2.75) is 6.92 Å². The van der Waals surface area contributed by atoms with Gasteiger partial charge in [0.15, 0.2) is 0 Å². The normalized spacial score (nSPS) is 12.1. The van der Waals surface area contributed by atoms with Crippen LogP contribution >= 0.6 is 15.9 Å². The first-order valence-corrected chi connectivity index (χ1v) is 10.5. The van der Waals surface area contributed by atoms with E-state index in [0.29, 0.717) is 0 Å². The maximum absolute atomic E-state index is 3.53. The van der Waals surface area contributed by atoms with Crippen LogP contribution in [0.5, 0.6) is 0 Å². The molecule has 0 N–H and O–H groups in total. The molecule has 3 aromatic rings. The van der Waals surface area contributed by atoms with E-state index in [-0.39, 0.29) is 0 Å². The summed E-state index contributed by atoms with van der Waals surface area (Å²) in [6, 6.07) is 28.8. The summed E-state index contributed by atoms with van der Waals surface area (Å²) in [6.07, 6.45) is 0. The van der Waals surface area contributed by atoms with Crippen LogP contribution in [0.3, 0.4) is 0 Å². The number of benzene rings is 3. The molecule has 0 saturated heterocycles. The van der Waals surface area contributed by atoms with Gasteiger partial charge >= 0.3 is 139 Å². The Hall–Kier alpha value is -1.30. The van der Waals surface area contributed by atoms with Crippen LogP contribution in [0.2, 0.25) is 0 Å². The van der Waals surface area contributed by atoms with Gasteiger partial charge in [0.05, 0.1) is 0 Å². The predicted molar refractivity (Wildman–Crippen MR) is 96.4 cm³/mol. The third kappa shape index (κ3) is 3.48. The molecule has 1 unspecified atom stereocenters. The predicted octanol–water partition coefficient (Wildman–Crippen LogP) is 3.27. The Morgan fingerprint density at radius 3 is 1.67 bits per heavy atom. The summed E-state index contributed by atoms with van der Waals surface area (Å²) >= 11 is 2.08. The molecule has 0 aliphatic heterocycles. The fraction of sp³-hybridized carbons (Fsp3) is 0.0526. The van der Waals surface area contributed by atoms with Gasteiger partial charge < -0.3 is 0 Å². The van der Waals surface area contributed by atoms with Gasteiger partial charge in [-0.15, -0.1) is 0 Å². The second-order valence-electron chi connectivity index (χ2n) is 4.98. The van der Waals surface area contributed by atoms with E-state index in [4.69, 9.17) is 0 Å². The van der Waals surface area contributed by atoms with Gasteiger partial charge in [-0.1, -0.05) is 0 Å². The zero-order chi connectivity index (χ0) is 14.7. The van der Waals surface area contributed by atoms with E-state index >= 15 is 0 Å². The van der Waals surface area contributed by atoms with E-state index in [1.807, 2.05) is 0 Å². The molecule has 0 spiro atoms. The molecule has 21 heavy (non-hydrogen) atoms. The van der Waals surface area contributed by atoms with Crippen molar-refractivity contribution in [1.29, 1.82) is 0 Å². The summed E-state index contributed by atoms with van der Waals surface area (Å²) in [7, 11) is 0. The SMILES string of the molecule is Cc1ccc([As](c2ccccc2)c2ccc(Br)cc2)cc1. The third-order valence-corrected chi connectivity index (χ3v) is 9.05. The number of hydrogen-bond acceptors (Lipinski definition) is 0. The first kappa shape index (κ1) is 14.6. The average molecular weight is 399 g/mol. The van der Waals surface area contributed by atoms with Crippen molar-refractivity contribution in [3.05, 3.63) is 88.9 Å². The van der Waals surface area contributed by atoms with Crippen molar-refractivity contribution < 1.29 is 0 Å². The number of halogens is 1. The Kier molecular flexibility index (Phi) is 4.63. The molecular weight excluding hydrogens is 383 g/mol. The third-order valence-electron chi connectivity index (χ3n) is 3.39. The fourth-order valence-corrected chi connectivity index (χ4v) is 7.31. The fourth-order valence-electron chi connectivity index (χ4n) is 2.31. The van der Waals surface area contributed by atoms with Crippen LogP contribution in [0, 0.1) is 6.92 Å². The van der Waals surface area contributed by atoms with Gasteiger partial charge in [0.2, 0.25) is 0 Å². The van der Waals surface area contributed by atoms with Crippen LogP contribution in [-0.2, 0) is 0 Å². The summed E-state index contributed by atoms with van der Waals surface area (Å²) in [5, 5.41) is 0. The molecule has 0 radical (unpaired) electrons.